The third-order valence-corrected chi connectivity index (χ3v) is 12.1. The highest BCUT2D eigenvalue weighted by molar-refractivity contribution is 5.94. The number of fused-ring (bicyclic) bond motifs is 5. The lowest BCUT2D eigenvalue weighted by Crippen LogP contribution is -2.81. The van der Waals surface area contributed by atoms with Gasteiger partial charge in [0.15, 0.2) is 11.9 Å². The van der Waals surface area contributed by atoms with Gasteiger partial charge in [-0.1, -0.05) is 66.7 Å². The van der Waals surface area contributed by atoms with Crippen molar-refractivity contribution in [3.8, 4) is 0 Å². The molecule has 4 aliphatic rings. The minimum atomic E-state index is -2.28. The molecule has 1 aliphatic heterocycles. The van der Waals surface area contributed by atoms with E-state index >= 15 is 0 Å². The van der Waals surface area contributed by atoms with Crippen molar-refractivity contribution in [1.29, 1.82) is 0 Å². The summed E-state index contributed by atoms with van der Waals surface area (Å²) in [7, 11) is 0. The second-order valence-corrected chi connectivity index (χ2v) is 17.5. The molecule has 53 heavy (non-hydrogen) atoms. The second kappa shape index (κ2) is 14.0. The van der Waals surface area contributed by atoms with E-state index in [0.29, 0.717) is 0 Å². The topological polar surface area (TPSA) is 218 Å². The van der Waals surface area contributed by atoms with E-state index in [0.717, 1.165) is 0 Å². The number of nitrogens with one attached hydrogen (secondary N) is 1. The van der Waals surface area contributed by atoms with Crippen LogP contribution in [0.4, 0.5) is 4.79 Å². The number of ether oxygens (including phenoxy) is 4. The predicted octanol–water partition coefficient (Wildman–Crippen LogP) is 2.22. The Hall–Kier alpha value is -3.40. The van der Waals surface area contributed by atoms with E-state index in [1.165, 1.54) is 26.0 Å². The zero-order valence-corrected chi connectivity index (χ0v) is 31.9. The van der Waals surface area contributed by atoms with Crippen molar-refractivity contribution in [2.75, 3.05) is 13.2 Å². The first kappa shape index (κ1) is 40.8. The van der Waals surface area contributed by atoms with Crippen molar-refractivity contribution in [3.05, 3.63) is 47.0 Å². The number of carbonyl (C=O) groups excluding carboxylic acids is 4. The van der Waals surface area contributed by atoms with E-state index in [1.807, 2.05) is 20.8 Å². The molecule has 11 atom stereocenters. The highest BCUT2D eigenvalue weighted by atomic mass is 16.6. The molecule has 3 fully saturated rings. The molecular formula is C39H55NO13. The Morgan fingerprint density at radius 2 is 1.66 bits per heavy atom. The fourth-order valence-electron chi connectivity index (χ4n) is 8.80. The van der Waals surface area contributed by atoms with Crippen molar-refractivity contribution >= 4 is 23.8 Å². The van der Waals surface area contributed by atoms with Gasteiger partial charge in [0.25, 0.3) is 0 Å². The number of Topliss-reactive ketones (excluding diaryl/α,β-unsaturated/α-hetero) is 1. The maximum atomic E-state index is 14.6. The molecule has 0 radical (unpaired) electrons. The maximum Gasteiger partial charge on any atom is 0.407 e. The summed E-state index contributed by atoms with van der Waals surface area (Å²) >= 11 is 0. The molecule has 1 amide bonds. The van der Waals surface area contributed by atoms with Gasteiger partial charge in [0, 0.05) is 24.2 Å². The number of rotatable bonds is 8. The average molecular weight is 746 g/mol. The Morgan fingerprint density at radius 1 is 1.04 bits per heavy atom. The van der Waals surface area contributed by atoms with Crippen LogP contribution in [-0.4, -0.2) is 116 Å². The summed E-state index contributed by atoms with van der Waals surface area (Å²) in [6.07, 6.45) is -10.9. The van der Waals surface area contributed by atoms with Gasteiger partial charge in [-0.15, -0.1) is 0 Å². The van der Waals surface area contributed by atoms with Gasteiger partial charge in [0.2, 0.25) is 0 Å². The molecule has 1 heterocycles. The third kappa shape index (κ3) is 6.80. The van der Waals surface area contributed by atoms with Gasteiger partial charge in [0.05, 0.1) is 42.4 Å². The van der Waals surface area contributed by atoms with E-state index in [4.69, 9.17) is 18.9 Å². The van der Waals surface area contributed by atoms with Crippen molar-refractivity contribution in [2.24, 2.45) is 28.1 Å². The zero-order chi connectivity index (χ0) is 39.6. The van der Waals surface area contributed by atoms with Gasteiger partial charge in [-0.25, -0.2) is 14.4 Å². The normalized spacial score (nSPS) is 36.1. The summed E-state index contributed by atoms with van der Waals surface area (Å²) in [6.45, 7) is 14.7. The molecule has 6 N–H and O–H groups in total. The first-order valence-corrected chi connectivity index (χ1v) is 18.2. The van der Waals surface area contributed by atoms with Gasteiger partial charge in [-0.3, -0.25) is 4.79 Å². The molecule has 14 nitrogen and oxygen atoms in total. The minimum Gasteiger partial charge on any atom is -0.456 e. The quantitative estimate of drug-likeness (QED) is 0.128. The highest BCUT2D eigenvalue weighted by Crippen LogP contribution is 2.63. The van der Waals surface area contributed by atoms with E-state index in [1.54, 1.807) is 45.9 Å². The average Bonchev–Trinajstić information content (AvgIpc) is 3.07. The summed E-state index contributed by atoms with van der Waals surface area (Å²) < 4.78 is 23.0. The Balaban J connectivity index is 1.59. The van der Waals surface area contributed by atoms with Crippen LogP contribution in [0.15, 0.2) is 41.5 Å². The van der Waals surface area contributed by atoms with Gasteiger partial charge >= 0.3 is 18.0 Å². The molecule has 14 heteroatoms. The Bertz CT molecular complexity index is 1630. The second-order valence-electron chi connectivity index (χ2n) is 17.5. The lowest BCUT2D eigenvalue weighted by molar-refractivity contribution is -0.343. The number of hydrogen-bond acceptors (Lipinski definition) is 13. The molecule has 2 saturated carbocycles. The number of ketones is 1. The van der Waals surface area contributed by atoms with E-state index in [-0.39, 0.29) is 41.8 Å². The molecule has 1 saturated heterocycles. The molecule has 2 bridgehead atoms. The number of aliphatic hydroxyl groups is 5. The highest BCUT2D eigenvalue weighted by Gasteiger charge is 2.76. The van der Waals surface area contributed by atoms with Gasteiger partial charge in [-0.05, 0) is 48.5 Å². The number of esters is 2. The number of aliphatic hydroxyl groups excluding tert-OH is 3. The SMILES string of the molecule is CC1=C2C(O)C(=O)[C@]3(C)C(O)CC4OC[C@@]4(O)C3C(OC(=O)c3ccccc3)C(O)(CC1OC(=O)C(O)C(NC(=O)OCC(C)(C)C)C(C)C)C2(C)C. The molecule has 294 valence electrons. The van der Waals surface area contributed by atoms with Gasteiger partial charge in [-0.2, -0.15) is 0 Å². The largest absolute Gasteiger partial charge is 0.456 e. The predicted molar refractivity (Wildman–Crippen MR) is 188 cm³/mol. The molecule has 5 rings (SSSR count). The Kier molecular flexibility index (Phi) is 10.8. The molecule has 3 aliphatic carbocycles. The molecule has 0 aromatic heterocycles. The zero-order valence-electron chi connectivity index (χ0n) is 31.9. The standard InChI is InChI=1S/C39H55NO13/c1-19(2)26(40-34(47)51-17-35(4,5)6)28(43)33(46)52-22-16-39(49)31(53-32(45)21-13-11-10-12-14-21)29-37(9,23(41)15-24-38(29,48)18-50-24)30(44)27(42)25(20(22)3)36(39,7)8/h10-14,19,22-24,26-29,31,41-43,48-49H,15-18H2,1-9H3,(H,40,47)/t22?,23?,24?,26?,27?,28?,29?,31?,37-,38+,39?/m1/s1. The Morgan fingerprint density at radius 3 is 2.21 bits per heavy atom. The van der Waals surface area contributed by atoms with Crippen LogP contribution in [0, 0.1) is 28.1 Å². The van der Waals surface area contributed by atoms with Gasteiger partial charge in [0.1, 0.15) is 29.5 Å². The third-order valence-electron chi connectivity index (χ3n) is 12.1. The fourth-order valence-corrected chi connectivity index (χ4v) is 8.80. The summed E-state index contributed by atoms with van der Waals surface area (Å²) in [5, 5.41) is 62.7. The summed E-state index contributed by atoms with van der Waals surface area (Å²) in [6, 6.07) is 6.75. The molecule has 9 unspecified atom stereocenters. The summed E-state index contributed by atoms with van der Waals surface area (Å²) in [5.74, 6) is -4.94. The number of carbonyl (C=O) groups is 4. The van der Waals surface area contributed by atoms with Crippen LogP contribution in [-0.2, 0) is 28.5 Å². The van der Waals surface area contributed by atoms with Crippen LogP contribution < -0.4 is 5.32 Å². The number of alkyl carbamates (subject to hydrolysis) is 1. The molecule has 1 aromatic carbocycles. The lowest BCUT2D eigenvalue weighted by Gasteiger charge is -2.66. The molecule has 0 spiro atoms. The maximum absolute atomic E-state index is 14.6. The lowest BCUT2D eigenvalue weighted by atomic mass is 9.44. The van der Waals surface area contributed by atoms with Crippen LogP contribution in [0.1, 0.15) is 85.5 Å². The fraction of sp³-hybridized carbons (Fsp3) is 0.692. The number of benzene rings is 1. The van der Waals surface area contributed by atoms with Crippen LogP contribution in [0.2, 0.25) is 0 Å². The summed E-state index contributed by atoms with van der Waals surface area (Å²) in [5.41, 5.74) is -7.76. The van der Waals surface area contributed by atoms with E-state index in [9.17, 15) is 44.7 Å². The molecule has 1 aromatic rings. The monoisotopic (exact) mass is 745 g/mol. The first-order chi connectivity index (χ1) is 24.4. The Labute approximate surface area is 309 Å². The van der Waals surface area contributed by atoms with E-state index in [2.05, 4.69) is 5.32 Å². The first-order valence-electron chi connectivity index (χ1n) is 18.2. The van der Waals surface area contributed by atoms with Crippen LogP contribution in [0.3, 0.4) is 0 Å². The van der Waals surface area contributed by atoms with Crippen molar-refractivity contribution < 1.29 is 63.7 Å². The minimum absolute atomic E-state index is 0.0283. The van der Waals surface area contributed by atoms with Crippen molar-refractivity contribution in [2.45, 2.75) is 129 Å². The van der Waals surface area contributed by atoms with Gasteiger partial charge < -0.3 is 49.8 Å². The summed E-state index contributed by atoms with van der Waals surface area (Å²) in [4.78, 5) is 54.9. The van der Waals surface area contributed by atoms with Crippen molar-refractivity contribution in [1.82, 2.24) is 5.32 Å². The van der Waals surface area contributed by atoms with Crippen LogP contribution in [0.25, 0.3) is 0 Å². The van der Waals surface area contributed by atoms with Crippen LogP contribution in [0.5, 0.6) is 0 Å². The van der Waals surface area contributed by atoms with Crippen LogP contribution >= 0.6 is 0 Å². The van der Waals surface area contributed by atoms with Crippen molar-refractivity contribution in [3.63, 3.8) is 0 Å². The number of hydrogen-bond donors (Lipinski definition) is 6. The molecular weight excluding hydrogens is 690 g/mol. The smallest absolute Gasteiger partial charge is 0.407 e. The van der Waals surface area contributed by atoms with E-state index < -0.39 is 107 Å². The number of amides is 1.